The molecule has 1 unspecified atom stereocenters. The molecule has 0 saturated carbocycles. The summed E-state index contributed by atoms with van der Waals surface area (Å²) in [6.07, 6.45) is 0. The molecule has 27 heavy (non-hydrogen) atoms. The highest BCUT2D eigenvalue weighted by molar-refractivity contribution is 7.99. The Labute approximate surface area is 164 Å². The van der Waals surface area contributed by atoms with Gasteiger partial charge in [0.1, 0.15) is 23.1 Å². The smallest absolute Gasteiger partial charge is 0.256 e. The molecule has 1 atom stereocenters. The zero-order valence-electron chi connectivity index (χ0n) is 14.3. The van der Waals surface area contributed by atoms with Crippen LogP contribution in [-0.2, 0) is 9.59 Å². The predicted octanol–water partition coefficient (Wildman–Crippen LogP) is 3.62. The van der Waals surface area contributed by atoms with E-state index in [1.165, 1.54) is 55.1 Å². The number of hydrogen-bond donors (Lipinski definition) is 3. The average molecular weight is 415 g/mol. The highest BCUT2D eigenvalue weighted by Gasteiger charge is 2.30. The van der Waals surface area contributed by atoms with E-state index in [1.54, 1.807) is 0 Å². The Bertz CT molecular complexity index is 832. The van der Waals surface area contributed by atoms with E-state index in [-0.39, 0.29) is 28.8 Å². The van der Waals surface area contributed by atoms with E-state index in [2.05, 4.69) is 10.6 Å². The van der Waals surface area contributed by atoms with Crippen molar-refractivity contribution in [2.45, 2.75) is 17.4 Å². The Morgan fingerprint density at radius 3 is 2.41 bits per heavy atom. The van der Waals surface area contributed by atoms with Crippen molar-refractivity contribution in [3.05, 3.63) is 54.1 Å². The minimum atomic E-state index is -1.75. The summed E-state index contributed by atoms with van der Waals surface area (Å²) in [6.45, 7) is 1.32. The van der Waals surface area contributed by atoms with Crippen LogP contribution in [0.2, 0.25) is 0 Å². The molecule has 0 bridgehead atoms. The van der Waals surface area contributed by atoms with Gasteiger partial charge in [-0.25, -0.2) is 8.78 Å². The minimum Gasteiger partial charge on any atom is -0.379 e. The van der Waals surface area contributed by atoms with Crippen LogP contribution in [0.5, 0.6) is 0 Å². The van der Waals surface area contributed by atoms with Crippen LogP contribution in [0.15, 0.2) is 47.4 Å². The van der Waals surface area contributed by atoms with E-state index >= 15 is 0 Å². The van der Waals surface area contributed by atoms with Crippen molar-refractivity contribution in [1.82, 2.24) is 0 Å². The molecule has 0 aliphatic rings. The summed E-state index contributed by atoms with van der Waals surface area (Å²) in [4.78, 5) is 24.2. The maximum absolute atomic E-state index is 14.0. The number of amides is 2. The molecule has 0 aliphatic heterocycles. The molecule has 5 nitrogen and oxygen atoms in total. The number of hydrogen-bond acceptors (Lipinski definition) is 4. The molecular formula is C18H17ClF2N2O3S. The average Bonchev–Trinajstić information content (AvgIpc) is 2.63. The van der Waals surface area contributed by atoms with E-state index in [1.807, 2.05) is 0 Å². The van der Waals surface area contributed by atoms with Crippen LogP contribution in [0.25, 0.3) is 0 Å². The van der Waals surface area contributed by atoms with Crippen molar-refractivity contribution in [2.24, 2.45) is 0 Å². The molecule has 3 N–H and O–H groups in total. The van der Waals surface area contributed by atoms with Gasteiger partial charge in [0, 0.05) is 16.3 Å². The van der Waals surface area contributed by atoms with Gasteiger partial charge in [-0.3, -0.25) is 9.59 Å². The van der Waals surface area contributed by atoms with Crippen LogP contribution in [0.3, 0.4) is 0 Å². The Balaban J connectivity index is 1.98. The highest BCUT2D eigenvalue weighted by atomic mass is 35.5. The molecule has 2 rings (SSSR count). The van der Waals surface area contributed by atoms with Crippen molar-refractivity contribution in [3.8, 4) is 0 Å². The summed E-state index contributed by atoms with van der Waals surface area (Å²) in [5, 5.41) is 15.1. The second kappa shape index (κ2) is 9.16. The van der Waals surface area contributed by atoms with Crippen LogP contribution >= 0.6 is 23.4 Å². The number of aliphatic hydroxyl groups is 1. The van der Waals surface area contributed by atoms with Crippen LogP contribution in [-0.4, -0.2) is 34.2 Å². The predicted molar refractivity (Wildman–Crippen MR) is 102 cm³/mol. The summed E-state index contributed by atoms with van der Waals surface area (Å²) in [7, 11) is 0. The number of halogens is 3. The number of carbonyl (C=O) groups excluding carboxylic acids is 2. The standard InChI is InChI=1S/C18H17ClF2N2O3S/c1-18(26,10-27-13-5-2-11(20)3-6-13)17(25)22-12-4-7-15(14(21)8-12)23-16(24)9-19/h2-8,26H,9-10H2,1H3,(H,22,25)(H,23,24). The molecule has 0 spiro atoms. The third-order valence-electron chi connectivity index (χ3n) is 3.45. The Morgan fingerprint density at radius 2 is 1.81 bits per heavy atom. The second-order valence-electron chi connectivity index (χ2n) is 5.85. The molecule has 0 saturated heterocycles. The first-order valence-corrected chi connectivity index (χ1v) is 9.31. The first-order chi connectivity index (χ1) is 12.7. The molecule has 0 aliphatic carbocycles. The molecule has 0 fully saturated rings. The lowest BCUT2D eigenvalue weighted by atomic mass is 10.1. The maximum atomic E-state index is 14.0. The lowest BCUT2D eigenvalue weighted by Gasteiger charge is -2.22. The fraction of sp³-hybridized carbons (Fsp3) is 0.222. The van der Waals surface area contributed by atoms with Crippen molar-refractivity contribution in [3.63, 3.8) is 0 Å². The van der Waals surface area contributed by atoms with Gasteiger partial charge < -0.3 is 15.7 Å². The van der Waals surface area contributed by atoms with Gasteiger partial charge >= 0.3 is 0 Å². The third-order valence-corrected chi connectivity index (χ3v) is 5.00. The minimum absolute atomic E-state index is 0.0107. The molecule has 2 aromatic rings. The van der Waals surface area contributed by atoms with Crippen molar-refractivity contribution >= 4 is 46.6 Å². The van der Waals surface area contributed by atoms with E-state index in [4.69, 9.17) is 11.6 Å². The van der Waals surface area contributed by atoms with Crippen molar-refractivity contribution < 1.29 is 23.5 Å². The van der Waals surface area contributed by atoms with Gasteiger partial charge in [0.05, 0.1) is 5.69 Å². The maximum Gasteiger partial charge on any atom is 0.256 e. The summed E-state index contributed by atoms with van der Waals surface area (Å²) < 4.78 is 26.9. The largest absolute Gasteiger partial charge is 0.379 e. The van der Waals surface area contributed by atoms with Gasteiger partial charge in [0.25, 0.3) is 5.91 Å². The van der Waals surface area contributed by atoms with Gasteiger partial charge in [0.15, 0.2) is 0 Å². The van der Waals surface area contributed by atoms with E-state index in [0.29, 0.717) is 4.90 Å². The molecular weight excluding hydrogens is 398 g/mol. The molecule has 0 radical (unpaired) electrons. The number of thioether (sulfide) groups is 1. The highest BCUT2D eigenvalue weighted by Crippen LogP contribution is 2.25. The van der Waals surface area contributed by atoms with Crippen molar-refractivity contribution in [2.75, 3.05) is 22.3 Å². The number of rotatable bonds is 7. The first-order valence-electron chi connectivity index (χ1n) is 7.79. The zero-order valence-corrected chi connectivity index (χ0v) is 15.8. The van der Waals surface area contributed by atoms with Gasteiger partial charge in [-0.2, -0.15) is 0 Å². The molecule has 144 valence electrons. The van der Waals surface area contributed by atoms with E-state index in [9.17, 15) is 23.5 Å². The van der Waals surface area contributed by atoms with E-state index in [0.717, 1.165) is 6.07 Å². The van der Waals surface area contributed by atoms with Gasteiger partial charge in [-0.15, -0.1) is 23.4 Å². The number of anilines is 2. The molecule has 2 aromatic carbocycles. The Hall–Kier alpha value is -2.16. The van der Waals surface area contributed by atoms with Crippen LogP contribution < -0.4 is 10.6 Å². The molecule has 0 aromatic heterocycles. The summed E-state index contributed by atoms with van der Waals surface area (Å²) in [5.41, 5.74) is -1.70. The van der Waals surface area contributed by atoms with Crippen LogP contribution in [0.1, 0.15) is 6.92 Å². The number of carbonyl (C=O) groups is 2. The monoisotopic (exact) mass is 414 g/mol. The lowest BCUT2D eigenvalue weighted by molar-refractivity contribution is -0.130. The van der Waals surface area contributed by atoms with Crippen LogP contribution in [0, 0.1) is 11.6 Å². The normalized spacial score (nSPS) is 12.9. The Morgan fingerprint density at radius 1 is 1.15 bits per heavy atom. The number of benzene rings is 2. The molecule has 2 amide bonds. The third kappa shape index (κ3) is 6.20. The SMILES string of the molecule is CC(O)(CSc1ccc(F)cc1)C(=O)Nc1ccc(NC(=O)CCl)c(F)c1. The Kier molecular flexibility index (Phi) is 7.18. The fourth-order valence-corrected chi connectivity index (χ4v) is 2.94. The topological polar surface area (TPSA) is 78.4 Å². The number of nitrogens with one attached hydrogen (secondary N) is 2. The van der Waals surface area contributed by atoms with Crippen LogP contribution in [0.4, 0.5) is 20.2 Å². The van der Waals surface area contributed by atoms with Gasteiger partial charge in [0.2, 0.25) is 5.91 Å². The lowest BCUT2D eigenvalue weighted by Crippen LogP contribution is -2.42. The first kappa shape index (κ1) is 21.1. The summed E-state index contributed by atoms with van der Waals surface area (Å²) in [6, 6.07) is 9.32. The number of alkyl halides is 1. The zero-order chi connectivity index (χ0) is 20.0. The quantitative estimate of drug-likeness (QED) is 0.477. The second-order valence-corrected chi connectivity index (χ2v) is 7.16. The molecule has 9 heteroatoms. The van der Waals surface area contributed by atoms with Gasteiger partial charge in [-0.1, -0.05) is 0 Å². The van der Waals surface area contributed by atoms with Gasteiger partial charge in [-0.05, 0) is 49.4 Å². The summed E-state index contributed by atoms with van der Waals surface area (Å²) >= 11 is 6.52. The van der Waals surface area contributed by atoms with E-state index < -0.39 is 23.2 Å². The summed E-state index contributed by atoms with van der Waals surface area (Å²) in [5.74, 6) is -2.73. The van der Waals surface area contributed by atoms with Crippen molar-refractivity contribution in [1.29, 1.82) is 0 Å². The fourth-order valence-electron chi connectivity index (χ4n) is 1.96. The molecule has 0 heterocycles.